The van der Waals surface area contributed by atoms with Crippen molar-refractivity contribution < 1.29 is 9.53 Å². The maximum atomic E-state index is 12.0. The fourth-order valence-electron chi connectivity index (χ4n) is 2.29. The molecule has 5 nitrogen and oxygen atoms in total. The zero-order valence-electron chi connectivity index (χ0n) is 11.4. The average Bonchev–Trinajstić information content (AvgIpc) is 3.04. The van der Waals surface area contributed by atoms with E-state index in [1.807, 2.05) is 6.92 Å². The van der Waals surface area contributed by atoms with Gasteiger partial charge >= 0.3 is 0 Å². The molecule has 3 N–H and O–H groups in total. The number of carbonyl (C=O) groups excluding carboxylic acids is 1. The lowest BCUT2D eigenvalue weighted by atomic mass is 10.00. The Morgan fingerprint density at radius 3 is 3.16 bits per heavy atom. The number of aromatic nitrogens is 1. The quantitative estimate of drug-likeness (QED) is 0.862. The molecule has 1 amide bonds. The van der Waals surface area contributed by atoms with E-state index in [4.69, 9.17) is 10.5 Å². The average molecular weight is 283 g/mol. The first-order valence-corrected chi connectivity index (χ1v) is 7.60. The van der Waals surface area contributed by atoms with E-state index < -0.39 is 0 Å². The summed E-state index contributed by atoms with van der Waals surface area (Å²) in [6.07, 6.45) is 2.28. The van der Waals surface area contributed by atoms with Crippen molar-refractivity contribution in [2.45, 2.75) is 38.8 Å². The van der Waals surface area contributed by atoms with Gasteiger partial charge in [-0.2, -0.15) is 0 Å². The highest BCUT2D eigenvalue weighted by Crippen LogP contribution is 2.22. The molecule has 3 unspecified atom stereocenters. The van der Waals surface area contributed by atoms with Gasteiger partial charge in [0, 0.05) is 24.4 Å². The summed E-state index contributed by atoms with van der Waals surface area (Å²) in [5.41, 5.74) is 6.20. The van der Waals surface area contributed by atoms with E-state index in [9.17, 15) is 4.79 Å². The smallest absolute Gasteiger partial charge is 0.270 e. The third kappa shape index (κ3) is 3.52. The van der Waals surface area contributed by atoms with Gasteiger partial charge in [0.25, 0.3) is 5.91 Å². The Balaban J connectivity index is 1.86. The van der Waals surface area contributed by atoms with Crippen LogP contribution >= 0.6 is 11.3 Å². The van der Waals surface area contributed by atoms with Crippen molar-refractivity contribution in [1.82, 2.24) is 10.3 Å². The van der Waals surface area contributed by atoms with Crippen LogP contribution in [0.1, 0.15) is 48.2 Å². The normalized spacial score (nSPS) is 24.4. The second kappa shape index (κ2) is 6.45. The van der Waals surface area contributed by atoms with Crippen LogP contribution in [-0.2, 0) is 4.74 Å². The molecule has 0 bridgehead atoms. The second-order valence-corrected chi connectivity index (χ2v) is 5.83. The van der Waals surface area contributed by atoms with Gasteiger partial charge in [-0.3, -0.25) is 4.79 Å². The zero-order valence-corrected chi connectivity index (χ0v) is 12.2. The Morgan fingerprint density at radius 2 is 2.53 bits per heavy atom. The van der Waals surface area contributed by atoms with Crippen LogP contribution < -0.4 is 11.1 Å². The van der Waals surface area contributed by atoms with Crippen LogP contribution in [0.15, 0.2) is 5.38 Å². The molecule has 1 fully saturated rings. The van der Waals surface area contributed by atoms with Crippen molar-refractivity contribution >= 4 is 17.2 Å². The summed E-state index contributed by atoms with van der Waals surface area (Å²) in [5, 5.41) is 5.49. The number of ether oxygens (including phenoxy) is 1. The molecule has 0 radical (unpaired) electrons. The first-order chi connectivity index (χ1) is 9.11. The van der Waals surface area contributed by atoms with Crippen LogP contribution in [0.2, 0.25) is 0 Å². The molecule has 2 heterocycles. The predicted molar refractivity (Wildman–Crippen MR) is 75.2 cm³/mol. The molecule has 1 aromatic heterocycles. The molecule has 1 aliphatic heterocycles. The number of carbonyl (C=O) groups is 1. The maximum Gasteiger partial charge on any atom is 0.270 e. The van der Waals surface area contributed by atoms with E-state index in [0.717, 1.165) is 24.5 Å². The molecular weight excluding hydrogens is 262 g/mol. The van der Waals surface area contributed by atoms with E-state index in [1.54, 1.807) is 5.38 Å². The molecule has 0 spiro atoms. The summed E-state index contributed by atoms with van der Waals surface area (Å²) in [6.45, 7) is 5.43. The van der Waals surface area contributed by atoms with Gasteiger partial charge in [0.15, 0.2) is 0 Å². The number of nitrogens with one attached hydrogen (secondary N) is 1. The number of amides is 1. The highest BCUT2D eigenvalue weighted by atomic mass is 32.1. The molecule has 3 atom stereocenters. The Labute approximate surface area is 117 Å². The molecule has 1 saturated heterocycles. The summed E-state index contributed by atoms with van der Waals surface area (Å²) in [5.74, 6) is 0.297. The second-order valence-electron chi connectivity index (χ2n) is 4.94. The summed E-state index contributed by atoms with van der Waals surface area (Å²) in [7, 11) is 0. The number of hydrogen-bond acceptors (Lipinski definition) is 5. The van der Waals surface area contributed by atoms with Crippen molar-refractivity contribution in [3.05, 3.63) is 16.1 Å². The van der Waals surface area contributed by atoms with Crippen molar-refractivity contribution in [3.8, 4) is 0 Å². The highest BCUT2D eigenvalue weighted by Gasteiger charge is 2.27. The number of rotatable bonds is 5. The minimum absolute atomic E-state index is 0.120. The molecule has 0 aliphatic carbocycles. The van der Waals surface area contributed by atoms with Crippen molar-refractivity contribution in [2.75, 3.05) is 13.2 Å². The number of thiazole rings is 1. The van der Waals surface area contributed by atoms with E-state index >= 15 is 0 Å². The van der Waals surface area contributed by atoms with E-state index in [0.29, 0.717) is 18.2 Å². The van der Waals surface area contributed by atoms with E-state index in [1.165, 1.54) is 11.3 Å². The summed E-state index contributed by atoms with van der Waals surface area (Å²) < 4.78 is 5.61. The molecule has 1 aliphatic rings. The Kier molecular flexibility index (Phi) is 4.90. The number of nitrogens with two attached hydrogens (primary N) is 1. The molecular formula is C13H21N3O2S. The molecule has 2 rings (SSSR count). The summed E-state index contributed by atoms with van der Waals surface area (Å²) in [6, 6.07) is -0.126. The Morgan fingerprint density at radius 1 is 1.74 bits per heavy atom. The van der Waals surface area contributed by atoms with Gasteiger partial charge < -0.3 is 15.8 Å². The molecule has 1 aromatic rings. The number of hydrogen-bond donors (Lipinski definition) is 2. The Hall–Kier alpha value is -0.980. The van der Waals surface area contributed by atoms with Gasteiger partial charge in [-0.25, -0.2) is 4.98 Å². The van der Waals surface area contributed by atoms with Crippen LogP contribution in [0.4, 0.5) is 0 Å². The largest absolute Gasteiger partial charge is 0.378 e. The summed E-state index contributed by atoms with van der Waals surface area (Å²) in [4.78, 5) is 16.2. The SMILES string of the molecule is CCC1OCCC1CNC(=O)c1csc(C(C)N)n1. The minimum atomic E-state index is -0.126. The summed E-state index contributed by atoms with van der Waals surface area (Å²) >= 11 is 1.43. The van der Waals surface area contributed by atoms with Crippen molar-refractivity contribution in [3.63, 3.8) is 0 Å². The molecule has 106 valence electrons. The van der Waals surface area contributed by atoms with Gasteiger partial charge in [0.05, 0.1) is 12.1 Å². The molecule has 19 heavy (non-hydrogen) atoms. The lowest BCUT2D eigenvalue weighted by molar-refractivity contribution is 0.0825. The van der Waals surface area contributed by atoms with Gasteiger partial charge in [-0.15, -0.1) is 11.3 Å². The van der Waals surface area contributed by atoms with Crippen LogP contribution in [0.5, 0.6) is 0 Å². The van der Waals surface area contributed by atoms with E-state index in [2.05, 4.69) is 17.2 Å². The minimum Gasteiger partial charge on any atom is -0.378 e. The van der Waals surface area contributed by atoms with Crippen LogP contribution in [0.25, 0.3) is 0 Å². The highest BCUT2D eigenvalue weighted by molar-refractivity contribution is 7.09. The molecule has 6 heteroatoms. The monoisotopic (exact) mass is 283 g/mol. The van der Waals surface area contributed by atoms with Crippen molar-refractivity contribution in [2.24, 2.45) is 11.7 Å². The van der Waals surface area contributed by atoms with Crippen molar-refractivity contribution in [1.29, 1.82) is 0 Å². The third-order valence-corrected chi connectivity index (χ3v) is 4.46. The lowest BCUT2D eigenvalue weighted by Gasteiger charge is -2.16. The van der Waals surface area contributed by atoms with Crippen LogP contribution in [0.3, 0.4) is 0 Å². The van der Waals surface area contributed by atoms with Crippen LogP contribution in [0, 0.1) is 5.92 Å². The molecule has 0 saturated carbocycles. The lowest BCUT2D eigenvalue weighted by Crippen LogP contribution is -2.32. The fourth-order valence-corrected chi connectivity index (χ4v) is 3.05. The first kappa shape index (κ1) is 14.4. The fraction of sp³-hybridized carbons (Fsp3) is 0.692. The standard InChI is InChI=1S/C13H21N3O2S/c1-3-11-9(4-5-18-11)6-15-12(17)10-7-19-13(16-10)8(2)14/h7-9,11H,3-6,14H2,1-2H3,(H,15,17). The topological polar surface area (TPSA) is 77.2 Å². The van der Waals surface area contributed by atoms with Crippen LogP contribution in [-0.4, -0.2) is 30.1 Å². The van der Waals surface area contributed by atoms with Gasteiger partial charge in [-0.1, -0.05) is 6.92 Å². The predicted octanol–water partition coefficient (Wildman–Crippen LogP) is 1.71. The van der Waals surface area contributed by atoms with E-state index in [-0.39, 0.29) is 18.1 Å². The maximum absolute atomic E-state index is 12.0. The number of nitrogens with zero attached hydrogens (tertiary/aromatic N) is 1. The zero-order chi connectivity index (χ0) is 13.8. The molecule has 0 aromatic carbocycles. The third-order valence-electron chi connectivity index (χ3n) is 3.42. The van der Waals surface area contributed by atoms with Gasteiger partial charge in [0.2, 0.25) is 0 Å². The first-order valence-electron chi connectivity index (χ1n) is 6.72. The van der Waals surface area contributed by atoms with Gasteiger partial charge in [0.1, 0.15) is 10.7 Å². The van der Waals surface area contributed by atoms with Gasteiger partial charge in [-0.05, 0) is 19.8 Å². The Bertz CT molecular complexity index is 433.